The molecule has 0 atom stereocenters. The number of nitrogens with two attached hydrogens (primary N) is 1. The van der Waals surface area contributed by atoms with Crippen LogP contribution in [0.1, 0.15) is 0 Å². The van der Waals surface area contributed by atoms with E-state index in [9.17, 15) is 0 Å². The number of anilines is 1. The third-order valence-electron chi connectivity index (χ3n) is 5.97. The van der Waals surface area contributed by atoms with Crippen molar-refractivity contribution in [3.63, 3.8) is 0 Å². The Hall–Kier alpha value is -4.22. The molecule has 0 aliphatic carbocycles. The Morgan fingerprint density at radius 2 is 2.00 bits per heavy atom. The third kappa shape index (κ3) is 3.05. The Morgan fingerprint density at radius 3 is 2.85 bits per heavy atom. The van der Waals surface area contributed by atoms with Crippen LogP contribution in [0, 0.1) is 0 Å². The molecule has 11 heteroatoms. The van der Waals surface area contributed by atoms with Crippen molar-refractivity contribution in [3.8, 4) is 33.3 Å². The molecule has 0 aromatic carbocycles. The standard InChI is InChI=1S/C23H18N10S/c24-12-10-33(11-12)19-9-25-7-17(28-19)15-6-14-16(8-27-15)31-32-21(14)23-29-20-13(18-2-1-5-34-18)3-4-26-22(20)30-23/h1-9,12H,10-11,24H2,(H,31,32)(H,26,29,30). The second kappa shape index (κ2) is 7.40. The van der Waals surface area contributed by atoms with Gasteiger partial charge in [-0.2, -0.15) is 5.10 Å². The number of imidazole rings is 1. The highest BCUT2D eigenvalue weighted by Crippen LogP contribution is 2.33. The van der Waals surface area contributed by atoms with Gasteiger partial charge in [-0.15, -0.1) is 11.3 Å². The molecule has 0 bridgehead atoms. The number of nitrogens with zero attached hydrogens (tertiary/aromatic N) is 7. The second-order valence-corrected chi connectivity index (χ2v) is 9.18. The Balaban J connectivity index is 1.31. The first-order valence-electron chi connectivity index (χ1n) is 10.8. The number of fused-ring (bicyclic) bond motifs is 2. The summed E-state index contributed by atoms with van der Waals surface area (Å²) in [5, 5.41) is 10.5. The summed E-state index contributed by atoms with van der Waals surface area (Å²) in [5.74, 6) is 1.45. The molecule has 6 aromatic heterocycles. The number of pyridine rings is 2. The van der Waals surface area contributed by atoms with Gasteiger partial charge in [-0.25, -0.2) is 15.0 Å². The van der Waals surface area contributed by atoms with E-state index in [0.29, 0.717) is 28.6 Å². The summed E-state index contributed by atoms with van der Waals surface area (Å²) in [7, 11) is 0. The molecule has 10 nitrogen and oxygen atoms in total. The van der Waals surface area contributed by atoms with Gasteiger partial charge in [-0.05, 0) is 23.6 Å². The molecule has 1 saturated heterocycles. The number of hydrogen-bond donors (Lipinski definition) is 3. The van der Waals surface area contributed by atoms with Gasteiger partial charge >= 0.3 is 0 Å². The lowest BCUT2D eigenvalue weighted by Crippen LogP contribution is -2.56. The molecular weight excluding hydrogens is 448 g/mol. The van der Waals surface area contributed by atoms with E-state index in [1.807, 2.05) is 18.2 Å². The van der Waals surface area contributed by atoms with Crippen LogP contribution in [-0.4, -0.2) is 59.2 Å². The molecule has 0 amide bonds. The molecule has 6 aromatic rings. The summed E-state index contributed by atoms with van der Waals surface area (Å²) in [4.78, 5) is 29.6. The van der Waals surface area contributed by atoms with Crippen molar-refractivity contribution in [2.24, 2.45) is 5.73 Å². The molecule has 7 heterocycles. The summed E-state index contributed by atoms with van der Waals surface area (Å²) in [6, 6.07) is 8.27. The highest BCUT2D eigenvalue weighted by atomic mass is 32.1. The number of rotatable bonds is 4. The second-order valence-electron chi connectivity index (χ2n) is 8.23. The first-order chi connectivity index (χ1) is 16.7. The lowest BCUT2D eigenvalue weighted by Gasteiger charge is -2.37. The van der Waals surface area contributed by atoms with Crippen molar-refractivity contribution >= 4 is 39.2 Å². The average Bonchev–Trinajstić information content (AvgIpc) is 3.60. The van der Waals surface area contributed by atoms with Crippen molar-refractivity contribution < 1.29 is 0 Å². The first kappa shape index (κ1) is 19.3. The summed E-state index contributed by atoms with van der Waals surface area (Å²) < 4.78 is 0. The Morgan fingerprint density at radius 1 is 1.06 bits per heavy atom. The number of aromatic nitrogens is 8. The van der Waals surface area contributed by atoms with Crippen LogP contribution in [0.15, 0.2) is 54.4 Å². The maximum atomic E-state index is 5.92. The minimum Gasteiger partial charge on any atom is -0.352 e. The van der Waals surface area contributed by atoms with E-state index in [2.05, 4.69) is 46.5 Å². The molecule has 7 rings (SSSR count). The predicted molar refractivity (Wildman–Crippen MR) is 131 cm³/mol. The Bertz CT molecular complexity index is 1650. The van der Waals surface area contributed by atoms with Gasteiger partial charge in [0.1, 0.15) is 17.2 Å². The van der Waals surface area contributed by atoms with E-state index in [4.69, 9.17) is 15.7 Å². The van der Waals surface area contributed by atoms with E-state index < -0.39 is 0 Å². The number of aromatic amines is 2. The zero-order valence-electron chi connectivity index (χ0n) is 17.8. The predicted octanol–water partition coefficient (Wildman–Crippen LogP) is 3.23. The summed E-state index contributed by atoms with van der Waals surface area (Å²) in [6.45, 7) is 1.56. The van der Waals surface area contributed by atoms with Gasteiger partial charge < -0.3 is 15.6 Å². The van der Waals surface area contributed by atoms with Crippen LogP contribution in [0.4, 0.5) is 5.82 Å². The molecule has 4 N–H and O–H groups in total. The van der Waals surface area contributed by atoms with Gasteiger partial charge in [0.05, 0.1) is 35.3 Å². The van der Waals surface area contributed by atoms with Crippen molar-refractivity contribution in [2.75, 3.05) is 18.0 Å². The van der Waals surface area contributed by atoms with Crippen LogP contribution in [0.3, 0.4) is 0 Å². The van der Waals surface area contributed by atoms with Crippen molar-refractivity contribution in [3.05, 3.63) is 54.4 Å². The molecule has 0 unspecified atom stereocenters. The smallest absolute Gasteiger partial charge is 0.178 e. The van der Waals surface area contributed by atoms with E-state index in [0.717, 1.165) is 45.8 Å². The van der Waals surface area contributed by atoms with E-state index in [1.165, 1.54) is 0 Å². The number of H-pyrrole nitrogens is 2. The van der Waals surface area contributed by atoms with Crippen molar-refractivity contribution in [2.45, 2.75) is 6.04 Å². The molecule has 1 aliphatic rings. The number of hydrogen-bond acceptors (Lipinski definition) is 9. The molecule has 0 saturated carbocycles. The van der Waals surface area contributed by atoms with Gasteiger partial charge in [0.2, 0.25) is 0 Å². The largest absolute Gasteiger partial charge is 0.352 e. The monoisotopic (exact) mass is 466 g/mol. The summed E-state index contributed by atoms with van der Waals surface area (Å²) in [5.41, 5.74) is 11.4. The minimum absolute atomic E-state index is 0.187. The molecule has 0 spiro atoms. The molecule has 1 fully saturated rings. The van der Waals surface area contributed by atoms with Crippen molar-refractivity contribution in [1.29, 1.82) is 0 Å². The normalized spacial score (nSPS) is 14.2. The van der Waals surface area contributed by atoms with Gasteiger partial charge in [0.25, 0.3) is 0 Å². The van der Waals surface area contributed by atoms with Gasteiger partial charge in [0, 0.05) is 41.2 Å². The highest BCUT2D eigenvalue weighted by molar-refractivity contribution is 7.13. The Labute approximate surface area is 196 Å². The maximum absolute atomic E-state index is 5.92. The molecule has 166 valence electrons. The number of nitrogens with one attached hydrogen (secondary N) is 2. The fourth-order valence-electron chi connectivity index (χ4n) is 4.23. The SMILES string of the molecule is NC1CN(c2cncc(-c3cc4c(-c5nc6nccc(-c7cccs7)c6[nH]5)n[nH]c4cn3)n2)C1. The molecule has 0 radical (unpaired) electrons. The lowest BCUT2D eigenvalue weighted by atomic mass is 10.1. The van der Waals surface area contributed by atoms with Gasteiger partial charge in [0.15, 0.2) is 11.5 Å². The first-order valence-corrected chi connectivity index (χ1v) is 11.7. The third-order valence-corrected chi connectivity index (χ3v) is 6.87. The highest BCUT2D eigenvalue weighted by Gasteiger charge is 2.25. The Kier molecular flexibility index (Phi) is 4.19. The average molecular weight is 467 g/mol. The topological polar surface area (TPSA) is 138 Å². The zero-order chi connectivity index (χ0) is 22.6. The lowest BCUT2D eigenvalue weighted by molar-refractivity contribution is 0.514. The fourth-order valence-corrected chi connectivity index (χ4v) is 4.99. The van der Waals surface area contributed by atoms with Crippen LogP contribution in [0.2, 0.25) is 0 Å². The van der Waals surface area contributed by atoms with Gasteiger partial charge in [-0.3, -0.25) is 15.1 Å². The quantitative estimate of drug-likeness (QED) is 0.360. The van der Waals surface area contributed by atoms with Gasteiger partial charge in [-0.1, -0.05) is 6.07 Å². The fraction of sp³-hybridized carbons (Fsp3) is 0.130. The molecule has 1 aliphatic heterocycles. The molecule has 34 heavy (non-hydrogen) atoms. The maximum Gasteiger partial charge on any atom is 0.178 e. The number of thiophene rings is 1. The minimum atomic E-state index is 0.187. The van der Waals surface area contributed by atoms with E-state index in [-0.39, 0.29) is 6.04 Å². The van der Waals surface area contributed by atoms with E-state index in [1.54, 1.807) is 36.1 Å². The van der Waals surface area contributed by atoms with Crippen LogP contribution < -0.4 is 10.6 Å². The summed E-state index contributed by atoms with van der Waals surface area (Å²) in [6.07, 6.45) is 7.01. The summed E-state index contributed by atoms with van der Waals surface area (Å²) >= 11 is 1.68. The van der Waals surface area contributed by atoms with Crippen LogP contribution >= 0.6 is 11.3 Å². The van der Waals surface area contributed by atoms with Crippen molar-refractivity contribution in [1.82, 2.24) is 40.1 Å². The van der Waals surface area contributed by atoms with E-state index >= 15 is 0 Å². The zero-order valence-corrected chi connectivity index (χ0v) is 18.6. The van der Waals surface area contributed by atoms with Crippen LogP contribution in [-0.2, 0) is 0 Å². The van der Waals surface area contributed by atoms with Crippen LogP contribution in [0.5, 0.6) is 0 Å². The van der Waals surface area contributed by atoms with Crippen LogP contribution in [0.25, 0.3) is 55.4 Å². The molecular formula is C23H18N10S.